The van der Waals surface area contributed by atoms with Crippen molar-refractivity contribution in [3.63, 3.8) is 0 Å². The number of para-hydroxylation sites is 1. The van der Waals surface area contributed by atoms with Gasteiger partial charge in [-0.05, 0) is 30.2 Å². The predicted octanol–water partition coefficient (Wildman–Crippen LogP) is 4.90. The summed E-state index contributed by atoms with van der Waals surface area (Å²) in [5.41, 5.74) is 2.41. The number of rotatable bonds is 3. The molecule has 0 saturated carbocycles. The normalized spacial score (nSPS) is 14.9. The van der Waals surface area contributed by atoms with Crippen LogP contribution in [0.3, 0.4) is 0 Å². The first-order valence-electron chi connectivity index (χ1n) is 6.51. The van der Waals surface area contributed by atoms with E-state index in [1.54, 1.807) is 0 Å². The van der Waals surface area contributed by atoms with Gasteiger partial charge in [-0.3, -0.25) is 0 Å². The number of fused-ring (bicyclic) bond motifs is 1. The molecular weight excluding hydrogens is 384 g/mol. The first-order chi connectivity index (χ1) is 9.74. The maximum atomic E-state index is 5.77. The minimum atomic E-state index is 0.202. The largest absolute Gasteiger partial charge is 0.486 e. The molecule has 1 aliphatic heterocycles. The first kappa shape index (κ1) is 14.0. The molecule has 1 heterocycles. The van der Waals surface area contributed by atoms with Gasteiger partial charge in [-0.15, -0.1) is 0 Å². The van der Waals surface area contributed by atoms with Crippen molar-refractivity contribution in [1.29, 1.82) is 0 Å². The fourth-order valence-electron chi connectivity index (χ4n) is 2.32. The van der Waals surface area contributed by atoms with Crippen LogP contribution in [0.1, 0.15) is 16.0 Å². The van der Waals surface area contributed by atoms with Crippen LogP contribution >= 0.6 is 31.9 Å². The van der Waals surface area contributed by atoms with E-state index in [9.17, 15) is 0 Å². The van der Waals surface area contributed by atoms with E-state index >= 15 is 0 Å². The van der Waals surface area contributed by atoms with E-state index in [4.69, 9.17) is 9.47 Å². The van der Waals surface area contributed by atoms with Crippen molar-refractivity contribution < 1.29 is 9.47 Å². The Bertz CT molecular complexity index is 613. The summed E-state index contributed by atoms with van der Waals surface area (Å²) < 4.78 is 12.5. The van der Waals surface area contributed by atoms with Gasteiger partial charge in [0.05, 0.1) is 0 Å². The zero-order valence-electron chi connectivity index (χ0n) is 10.8. The molecular formula is C16H14Br2O2. The Balaban J connectivity index is 1.85. The maximum Gasteiger partial charge on any atom is 0.165 e. The third kappa shape index (κ3) is 3.01. The molecule has 3 rings (SSSR count). The lowest BCUT2D eigenvalue weighted by molar-refractivity contribution is 0.170. The van der Waals surface area contributed by atoms with Gasteiger partial charge in [-0.2, -0.15) is 0 Å². The molecule has 4 heteroatoms. The Kier molecular flexibility index (Phi) is 4.32. The van der Waals surface area contributed by atoms with Crippen molar-refractivity contribution >= 4 is 31.9 Å². The van der Waals surface area contributed by atoms with Crippen molar-refractivity contribution in [2.24, 2.45) is 0 Å². The molecule has 0 aromatic heterocycles. The summed E-state index contributed by atoms with van der Waals surface area (Å²) in [6.07, 6.45) is 0.902. The van der Waals surface area contributed by atoms with Gasteiger partial charge < -0.3 is 9.47 Å². The topological polar surface area (TPSA) is 18.5 Å². The van der Waals surface area contributed by atoms with E-state index in [1.807, 2.05) is 18.2 Å². The SMILES string of the molecule is Brc1cccc(CC(Br)c2cccc3c2OCCO3)c1. The van der Waals surface area contributed by atoms with Gasteiger partial charge in [0, 0.05) is 14.9 Å². The van der Waals surface area contributed by atoms with Crippen LogP contribution in [0.25, 0.3) is 0 Å². The number of alkyl halides is 1. The summed E-state index contributed by atoms with van der Waals surface area (Å²) in [6, 6.07) is 14.4. The molecule has 2 nitrogen and oxygen atoms in total. The third-order valence-corrected chi connectivity index (χ3v) is 4.55. The van der Waals surface area contributed by atoms with E-state index in [-0.39, 0.29) is 4.83 Å². The molecule has 1 aliphatic rings. The highest BCUT2D eigenvalue weighted by Gasteiger charge is 2.20. The Hall–Kier alpha value is -1.00. The molecule has 104 valence electrons. The molecule has 0 bridgehead atoms. The molecule has 0 spiro atoms. The van der Waals surface area contributed by atoms with Gasteiger partial charge in [-0.25, -0.2) is 0 Å². The quantitative estimate of drug-likeness (QED) is 0.685. The Labute approximate surface area is 135 Å². The van der Waals surface area contributed by atoms with E-state index in [0.29, 0.717) is 13.2 Å². The summed E-state index contributed by atoms with van der Waals surface area (Å²) in [6.45, 7) is 1.23. The summed E-state index contributed by atoms with van der Waals surface area (Å²) in [5.74, 6) is 1.71. The summed E-state index contributed by atoms with van der Waals surface area (Å²) in [7, 11) is 0. The zero-order chi connectivity index (χ0) is 13.9. The van der Waals surface area contributed by atoms with Crippen molar-refractivity contribution in [3.8, 4) is 11.5 Å². The van der Waals surface area contributed by atoms with Gasteiger partial charge in [0.15, 0.2) is 11.5 Å². The highest BCUT2D eigenvalue weighted by molar-refractivity contribution is 9.10. The van der Waals surface area contributed by atoms with Crippen LogP contribution < -0.4 is 9.47 Å². The number of halogens is 2. The second kappa shape index (κ2) is 6.19. The van der Waals surface area contributed by atoms with Gasteiger partial charge >= 0.3 is 0 Å². The second-order valence-electron chi connectivity index (χ2n) is 4.67. The lowest BCUT2D eigenvalue weighted by Gasteiger charge is -2.23. The minimum absolute atomic E-state index is 0.202. The molecule has 0 fully saturated rings. The molecule has 2 aromatic rings. The van der Waals surface area contributed by atoms with Gasteiger partial charge in [0.25, 0.3) is 0 Å². The fourth-order valence-corrected chi connectivity index (χ4v) is 3.50. The van der Waals surface area contributed by atoms with Crippen LogP contribution in [0.2, 0.25) is 0 Å². The predicted molar refractivity (Wildman–Crippen MR) is 86.9 cm³/mol. The number of hydrogen-bond acceptors (Lipinski definition) is 2. The summed E-state index contributed by atoms with van der Waals surface area (Å²) in [5, 5.41) is 0. The van der Waals surface area contributed by atoms with E-state index < -0.39 is 0 Å². The number of benzene rings is 2. The van der Waals surface area contributed by atoms with Crippen molar-refractivity contribution in [2.45, 2.75) is 11.2 Å². The van der Waals surface area contributed by atoms with Gasteiger partial charge in [-0.1, -0.05) is 56.1 Å². The fraction of sp³-hybridized carbons (Fsp3) is 0.250. The van der Waals surface area contributed by atoms with Crippen molar-refractivity contribution in [1.82, 2.24) is 0 Å². The van der Waals surface area contributed by atoms with E-state index in [2.05, 4.69) is 56.1 Å². The van der Waals surface area contributed by atoms with Crippen molar-refractivity contribution in [3.05, 3.63) is 58.1 Å². The van der Waals surface area contributed by atoms with Crippen LogP contribution in [0.5, 0.6) is 11.5 Å². The van der Waals surface area contributed by atoms with Crippen LogP contribution in [0, 0.1) is 0 Å². The molecule has 20 heavy (non-hydrogen) atoms. The number of hydrogen-bond donors (Lipinski definition) is 0. The highest BCUT2D eigenvalue weighted by Crippen LogP contribution is 2.41. The highest BCUT2D eigenvalue weighted by atomic mass is 79.9. The first-order valence-corrected chi connectivity index (χ1v) is 8.22. The standard InChI is InChI=1S/C16H14Br2O2/c17-12-4-1-3-11(9-12)10-14(18)13-5-2-6-15-16(13)20-8-7-19-15/h1-6,9,14H,7-8,10H2. The Morgan fingerprint density at radius 1 is 1.05 bits per heavy atom. The molecule has 0 radical (unpaired) electrons. The molecule has 1 unspecified atom stereocenters. The lowest BCUT2D eigenvalue weighted by Crippen LogP contribution is -2.17. The van der Waals surface area contributed by atoms with Crippen LogP contribution in [0.4, 0.5) is 0 Å². The summed E-state index contributed by atoms with van der Waals surface area (Å²) in [4.78, 5) is 0.202. The Morgan fingerprint density at radius 3 is 2.70 bits per heavy atom. The molecule has 0 N–H and O–H groups in total. The average Bonchev–Trinajstić information content (AvgIpc) is 2.46. The van der Waals surface area contributed by atoms with Gasteiger partial charge in [0.1, 0.15) is 13.2 Å². The van der Waals surface area contributed by atoms with E-state index in [0.717, 1.165) is 28.0 Å². The second-order valence-corrected chi connectivity index (χ2v) is 6.69. The van der Waals surface area contributed by atoms with Crippen LogP contribution in [0.15, 0.2) is 46.9 Å². The van der Waals surface area contributed by atoms with Crippen LogP contribution in [-0.2, 0) is 6.42 Å². The maximum absolute atomic E-state index is 5.77. The number of ether oxygens (including phenoxy) is 2. The van der Waals surface area contributed by atoms with E-state index in [1.165, 1.54) is 5.56 Å². The lowest BCUT2D eigenvalue weighted by atomic mass is 10.0. The molecule has 0 aliphatic carbocycles. The Morgan fingerprint density at radius 2 is 1.85 bits per heavy atom. The molecule has 0 saturated heterocycles. The average molecular weight is 398 g/mol. The van der Waals surface area contributed by atoms with Crippen LogP contribution in [-0.4, -0.2) is 13.2 Å². The minimum Gasteiger partial charge on any atom is -0.486 e. The zero-order valence-corrected chi connectivity index (χ0v) is 14.0. The monoisotopic (exact) mass is 396 g/mol. The third-order valence-electron chi connectivity index (χ3n) is 3.24. The molecule has 1 atom stereocenters. The van der Waals surface area contributed by atoms with Gasteiger partial charge in [0.2, 0.25) is 0 Å². The summed E-state index contributed by atoms with van der Waals surface area (Å²) >= 11 is 7.28. The molecule has 0 amide bonds. The molecule has 2 aromatic carbocycles. The van der Waals surface area contributed by atoms with Crippen molar-refractivity contribution in [2.75, 3.05) is 13.2 Å². The smallest absolute Gasteiger partial charge is 0.165 e.